The molecule has 0 saturated heterocycles. The standard InChI is InChI=1S/C25H21ClN2O/c26-25-11-4-2-7-21(25)17-28-27-16-19-12-14-23(15-13-19)29-18-22-9-5-8-20-6-1-3-10-24(20)22/h1-16,28H,17-18H2/b27-16-. The molecule has 29 heavy (non-hydrogen) atoms. The van der Waals surface area contributed by atoms with Gasteiger partial charge in [0.15, 0.2) is 0 Å². The summed E-state index contributed by atoms with van der Waals surface area (Å²) in [5.41, 5.74) is 6.21. The Balaban J connectivity index is 1.32. The van der Waals surface area contributed by atoms with Crippen LogP contribution in [-0.4, -0.2) is 6.21 Å². The van der Waals surface area contributed by atoms with Gasteiger partial charge in [-0.05, 0) is 57.8 Å². The molecule has 0 heterocycles. The third kappa shape index (κ3) is 4.95. The number of hydrogen-bond acceptors (Lipinski definition) is 3. The molecular formula is C25H21ClN2O. The van der Waals surface area contributed by atoms with E-state index in [1.54, 1.807) is 6.21 Å². The van der Waals surface area contributed by atoms with Crippen molar-refractivity contribution in [3.05, 3.63) is 113 Å². The number of halogens is 1. The molecule has 4 aromatic rings. The van der Waals surface area contributed by atoms with E-state index in [2.05, 4.69) is 53.0 Å². The summed E-state index contributed by atoms with van der Waals surface area (Å²) in [5.74, 6) is 0.833. The summed E-state index contributed by atoms with van der Waals surface area (Å²) in [6, 6.07) is 30.3. The Kier molecular flexibility index (Phi) is 6.08. The van der Waals surface area contributed by atoms with Crippen LogP contribution in [0.4, 0.5) is 0 Å². The lowest BCUT2D eigenvalue weighted by molar-refractivity contribution is 0.307. The number of hydrazone groups is 1. The van der Waals surface area contributed by atoms with Gasteiger partial charge in [-0.3, -0.25) is 0 Å². The zero-order valence-corrected chi connectivity index (χ0v) is 16.6. The topological polar surface area (TPSA) is 33.6 Å². The second kappa shape index (κ2) is 9.26. The third-order valence-electron chi connectivity index (χ3n) is 4.69. The van der Waals surface area contributed by atoms with Crippen LogP contribution < -0.4 is 10.2 Å². The van der Waals surface area contributed by atoms with E-state index in [-0.39, 0.29) is 0 Å². The monoisotopic (exact) mass is 400 g/mol. The molecule has 4 aromatic carbocycles. The van der Waals surface area contributed by atoms with Gasteiger partial charge < -0.3 is 10.2 Å². The molecule has 0 spiro atoms. The molecule has 0 radical (unpaired) electrons. The van der Waals surface area contributed by atoms with Gasteiger partial charge in [-0.1, -0.05) is 72.3 Å². The summed E-state index contributed by atoms with van der Waals surface area (Å²) in [5, 5.41) is 7.45. The average molecular weight is 401 g/mol. The highest BCUT2D eigenvalue weighted by Gasteiger charge is 2.02. The van der Waals surface area contributed by atoms with Crippen molar-refractivity contribution in [1.29, 1.82) is 0 Å². The summed E-state index contributed by atoms with van der Waals surface area (Å²) >= 11 is 6.14. The van der Waals surface area contributed by atoms with Crippen LogP contribution in [-0.2, 0) is 13.2 Å². The molecule has 0 atom stereocenters. The highest BCUT2D eigenvalue weighted by molar-refractivity contribution is 6.31. The second-order valence-electron chi connectivity index (χ2n) is 6.68. The number of hydrogen-bond donors (Lipinski definition) is 1. The Morgan fingerprint density at radius 3 is 2.38 bits per heavy atom. The summed E-state index contributed by atoms with van der Waals surface area (Å²) < 4.78 is 5.98. The van der Waals surface area contributed by atoms with Crippen molar-refractivity contribution in [1.82, 2.24) is 5.43 Å². The van der Waals surface area contributed by atoms with E-state index in [0.29, 0.717) is 13.2 Å². The Morgan fingerprint density at radius 1 is 0.793 bits per heavy atom. The number of rotatable bonds is 7. The number of nitrogens with zero attached hydrogens (tertiary/aromatic N) is 1. The molecule has 0 amide bonds. The van der Waals surface area contributed by atoms with E-state index in [1.165, 1.54) is 16.3 Å². The molecule has 0 fully saturated rings. The lowest BCUT2D eigenvalue weighted by Gasteiger charge is -2.09. The van der Waals surface area contributed by atoms with Crippen molar-refractivity contribution in [3.8, 4) is 5.75 Å². The number of benzene rings is 4. The van der Waals surface area contributed by atoms with Crippen molar-refractivity contribution in [2.75, 3.05) is 0 Å². The van der Waals surface area contributed by atoms with Crippen LogP contribution in [0.3, 0.4) is 0 Å². The fraction of sp³-hybridized carbons (Fsp3) is 0.0800. The molecule has 144 valence electrons. The zero-order valence-electron chi connectivity index (χ0n) is 15.9. The van der Waals surface area contributed by atoms with Gasteiger partial charge in [0.05, 0.1) is 12.8 Å². The highest BCUT2D eigenvalue weighted by Crippen LogP contribution is 2.21. The first-order valence-corrected chi connectivity index (χ1v) is 9.86. The smallest absolute Gasteiger partial charge is 0.119 e. The van der Waals surface area contributed by atoms with Crippen molar-refractivity contribution in [3.63, 3.8) is 0 Å². The molecular weight excluding hydrogens is 380 g/mol. The molecule has 0 aliphatic heterocycles. The predicted octanol–water partition coefficient (Wildman–Crippen LogP) is 6.20. The van der Waals surface area contributed by atoms with Crippen LogP contribution >= 0.6 is 11.6 Å². The summed E-state index contributed by atoms with van der Waals surface area (Å²) in [6.07, 6.45) is 1.78. The van der Waals surface area contributed by atoms with E-state index in [1.807, 2.05) is 48.5 Å². The van der Waals surface area contributed by atoms with Gasteiger partial charge in [0, 0.05) is 5.02 Å². The molecule has 0 aliphatic carbocycles. The fourth-order valence-corrected chi connectivity index (χ4v) is 3.32. The van der Waals surface area contributed by atoms with Crippen LogP contribution in [0.5, 0.6) is 5.75 Å². The molecule has 3 nitrogen and oxygen atoms in total. The summed E-state index contributed by atoms with van der Waals surface area (Å²) in [7, 11) is 0. The van der Waals surface area contributed by atoms with Crippen molar-refractivity contribution in [2.45, 2.75) is 13.2 Å². The maximum atomic E-state index is 6.14. The molecule has 1 N–H and O–H groups in total. The molecule has 0 aromatic heterocycles. The fourth-order valence-electron chi connectivity index (χ4n) is 3.12. The van der Waals surface area contributed by atoms with Gasteiger partial charge in [-0.2, -0.15) is 5.10 Å². The first kappa shape index (κ1) is 19.0. The van der Waals surface area contributed by atoms with Gasteiger partial charge in [-0.25, -0.2) is 0 Å². The van der Waals surface area contributed by atoms with Crippen LogP contribution in [0.2, 0.25) is 5.02 Å². The maximum absolute atomic E-state index is 6.14. The Labute approximate surface area is 175 Å². The van der Waals surface area contributed by atoms with Gasteiger partial charge in [0.1, 0.15) is 12.4 Å². The predicted molar refractivity (Wildman–Crippen MR) is 121 cm³/mol. The largest absolute Gasteiger partial charge is 0.489 e. The highest BCUT2D eigenvalue weighted by atomic mass is 35.5. The Hall–Kier alpha value is -3.30. The van der Waals surface area contributed by atoms with Gasteiger partial charge >= 0.3 is 0 Å². The molecule has 4 rings (SSSR count). The van der Waals surface area contributed by atoms with Crippen LogP contribution in [0.25, 0.3) is 10.8 Å². The minimum Gasteiger partial charge on any atom is -0.489 e. The zero-order chi connectivity index (χ0) is 19.9. The maximum Gasteiger partial charge on any atom is 0.119 e. The normalized spacial score (nSPS) is 11.1. The second-order valence-corrected chi connectivity index (χ2v) is 7.09. The van der Waals surface area contributed by atoms with E-state index in [4.69, 9.17) is 16.3 Å². The quantitative estimate of drug-likeness (QED) is 0.296. The van der Waals surface area contributed by atoms with Crippen molar-refractivity contribution < 1.29 is 4.74 Å². The van der Waals surface area contributed by atoms with E-state index in [9.17, 15) is 0 Å². The van der Waals surface area contributed by atoms with Gasteiger partial charge in [0.25, 0.3) is 0 Å². The van der Waals surface area contributed by atoms with Gasteiger partial charge in [0.2, 0.25) is 0 Å². The Bertz CT molecular complexity index is 1120. The SMILES string of the molecule is Clc1ccccc1CN/N=C\c1ccc(OCc2cccc3ccccc23)cc1. The minimum absolute atomic E-state index is 0.536. The molecule has 4 heteroatoms. The van der Waals surface area contributed by atoms with Crippen molar-refractivity contribution >= 4 is 28.6 Å². The van der Waals surface area contributed by atoms with E-state index in [0.717, 1.165) is 21.9 Å². The number of nitrogens with one attached hydrogen (secondary N) is 1. The minimum atomic E-state index is 0.536. The molecule has 0 unspecified atom stereocenters. The first-order chi connectivity index (χ1) is 14.3. The molecule has 0 aliphatic rings. The lowest BCUT2D eigenvalue weighted by atomic mass is 10.1. The van der Waals surface area contributed by atoms with E-state index < -0.39 is 0 Å². The summed E-state index contributed by atoms with van der Waals surface area (Å²) in [4.78, 5) is 0. The first-order valence-electron chi connectivity index (χ1n) is 9.48. The van der Waals surface area contributed by atoms with E-state index >= 15 is 0 Å². The number of ether oxygens (including phenoxy) is 1. The van der Waals surface area contributed by atoms with Gasteiger partial charge in [-0.15, -0.1) is 0 Å². The Morgan fingerprint density at radius 2 is 1.52 bits per heavy atom. The van der Waals surface area contributed by atoms with Crippen LogP contribution in [0.15, 0.2) is 96.1 Å². The summed E-state index contributed by atoms with van der Waals surface area (Å²) in [6.45, 7) is 1.12. The lowest BCUT2D eigenvalue weighted by Crippen LogP contribution is -2.05. The number of fused-ring (bicyclic) bond motifs is 1. The van der Waals surface area contributed by atoms with Crippen LogP contribution in [0, 0.1) is 0 Å². The third-order valence-corrected chi connectivity index (χ3v) is 5.06. The molecule has 0 bridgehead atoms. The van der Waals surface area contributed by atoms with Crippen LogP contribution in [0.1, 0.15) is 16.7 Å². The van der Waals surface area contributed by atoms with Crippen molar-refractivity contribution in [2.24, 2.45) is 5.10 Å². The average Bonchev–Trinajstić information content (AvgIpc) is 2.77. The molecule has 0 saturated carbocycles.